The second-order valence-corrected chi connectivity index (χ2v) is 7.87. The van der Waals surface area contributed by atoms with Gasteiger partial charge in [-0.25, -0.2) is 4.79 Å². The van der Waals surface area contributed by atoms with Gasteiger partial charge in [0.25, 0.3) is 17.7 Å². The zero-order chi connectivity index (χ0) is 23.4. The molecule has 1 aliphatic rings. The van der Waals surface area contributed by atoms with Gasteiger partial charge in [0.1, 0.15) is 0 Å². The molecular formula is C22H20Cl2N2O6. The number of carbonyl (C=O) groups is 4. The molecule has 1 heterocycles. The Bertz CT molecular complexity index is 1090. The average molecular weight is 479 g/mol. The molecule has 168 valence electrons. The lowest BCUT2D eigenvalue weighted by atomic mass is 10.1. The van der Waals surface area contributed by atoms with Crippen molar-refractivity contribution in [3.05, 3.63) is 63.1 Å². The first kappa shape index (κ1) is 23.7. The van der Waals surface area contributed by atoms with Crippen LogP contribution in [0.15, 0.2) is 36.4 Å². The molecule has 0 aliphatic carbocycles. The lowest BCUT2D eigenvalue weighted by Crippen LogP contribution is -2.31. The Morgan fingerprint density at radius 3 is 2.47 bits per heavy atom. The Labute approximate surface area is 194 Å². The van der Waals surface area contributed by atoms with E-state index in [0.717, 1.165) is 4.90 Å². The van der Waals surface area contributed by atoms with Crippen LogP contribution in [-0.4, -0.2) is 55.0 Å². The third-order valence-electron chi connectivity index (χ3n) is 4.78. The zero-order valence-corrected chi connectivity index (χ0v) is 18.8. The van der Waals surface area contributed by atoms with E-state index < -0.39 is 29.8 Å². The van der Waals surface area contributed by atoms with Crippen molar-refractivity contribution in [2.24, 2.45) is 0 Å². The second-order valence-electron chi connectivity index (χ2n) is 7.03. The van der Waals surface area contributed by atoms with E-state index in [4.69, 9.17) is 32.7 Å². The molecule has 1 atom stereocenters. The Hall–Kier alpha value is -2.94. The number of hydrogen-bond donors (Lipinski definition) is 1. The molecule has 0 saturated carbocycles. The molecule has 32 heavy (non-hydrogen) atoms. The Kier molecular flexibility index (Phi) is 7.50. The van der Waals surface area contributed by atoms with Gasteiger partial charge in [0.05, 0.1) is 27.4 Å². The van der Waals surface area contributed by atoms with Crippen molar-refractivity contribution in [2.45, 2.75) is 19.4 Å². The molecule has 3 amide bonds. The van der Waals surface area contributed by atoms with Crippen LogP contribution in [-0.2, 0) is 14.3 Å². The number of nitrogens with zero attached hydrogens (tertiary/aromatic N) is 1. The largest absolute Gasteiger partial charge is 0.449 e. The van der Waals surface area contributed by atoms with E-state index in [-0.39, 0.29) is 28.3 Å². The number of amides is 3. The predicted molar refractivity (Wildman–Crippen MR) is 118 cm³/mol. The van der Waals surface area contributed by atoms with Crippen LogP contribution in [0.3, 0.4) is 0 Å². The van der Waals surface area contributed by atoms with Crippen molar-refractivity contribution in [3.8, 4) is 0 Å². The van der Waals surface area contributed by atoms with Crippen LogP contribution in [0, 0.1) is 0 Å². The molecule has 0 aromatic heterocycles. The highest BCUT2D eigenvalue weighted by Crippen LogP contribution is 2.26. The summed E-state index contributed by atoms with van der Waals surface area (Å²) in [5.41, 5.74) is 0.700. The number of nitrogens with one attached hydrogen (secondary N) is 1. The molecule has 0 bridgehead atoms. The molecule has 2 aromatic carbocycles. The summed E-state index contributed by atoms with van der Waals surface area (Å²) in [4.78, 5) is 51.1. The fourth-order valence-corrected chi connectivity index (χ4v) is 3.55. The summed E-state index contributed by atoms with van der Waals surface area (Å²) in [5.74, 6) is -2.32. The topological polar surface area (TPSA) is 102 Å². The average Bonchev–Trinajstić information content (AvgIpc) is 3.00. The number of halogens is 2. The summed E-state index contributed by atoms with van der Waals surface area (Å²) in [6, 6.07) is 8.64. The van der Waals surface area contributed by atoms with Gasteiger partial charge in [-0.3, -0.25) is 19.3 Å². The third-order valence-corrected chi connectivity index (χ3v) is 5.33. The number of ether oxygens (including phenoxy) is 2. The van der Waals surface area contributed by atoms with Gasteiger partial charge in [-0.05, 0) is 49.7 Å². The normalized spacial score (nSPS) is 13.7. The molecule has 0 fully saturated rings. The number of rotatable bonds is 8. The number of fused-ring (bicyclic) bond motifs is 1. The van der Waals surface area contributed by atoms with Crippen molar-refractivity contribution >= 4 is 52.6 Å². The summed E-state index contributed by atoms with van der Waals surface area (Å²) in [7, 11) is 1.53. The number of anilines is 1. The maximum atomic E-state index is 12.6. The summed E-state index contributed by atoms with van der Waals surface area (Å²) in [6.45, 7) is 2.02. The molecule has 3 rings (SSSR count). The van der Waals surface area contributed by atoms with E-state index in [9.17, 15) is 19.2 Å². The van der Waals surface area contributed by atoms with Crippen molar-refractivity contribution in [1.82, 2.24) is 4.90 Å². The van der Waals surface area contributed by atoms with Gasteiger partial charge in [-0.2, -0.15) is 0 Å². The van der Waals surface area contributed by atoms with E-state index in [1.165, 1.54) is 44.4 Å². The molecule has 8 nitrogen and oxygen atoms in total. The first-order chi connectivity index (χ1) is 15.2. The maximum absolute atomic E-state index is 12.6. The van der Waals surface area contributed by atoms with Crippen molar-refractivity contribution in [2.75, 3.05) is 25.6 Å². The molecular weight excluding hydrogens is 459 g/mol. The van der Waals surface area contributed by atoms with Crippen LogP contribution >= 0.6 is 23.2 Å². The molecule has 0 radical (unpaired) electrons. The van der Waals surface area contributed by atoms with Gasteiger partial charge in [-0.15, -0.1) is 0 Å². The number of hydrogen-bond acceptors (Lipinski definition) is 6. The van der Waals surface area contributed by atoms with Crippen molar-refractivity contribution in [1.29, 1.82) is 0 Å². The molecule has 0 spiro atoms. The lowest BCUT2D eigenvalue weighted by Gasteiger charge is -2.14. The van der Waals surface area contributed by atoms with Crippen LogP contribution in [0.1, 0.15) is 44.4 Å². The van der Waals surface area contributed by atoms with E-state index in [1.54, 1.807) is 6.07 Å². The van der Waals surface area contributed by atoms with Gasteiger partial charge < -0.3 is 14.8 Å². The molecule has 1 unspecified atom stereocenters. The lowest BCUT2D eigenvalue weighted by molar-refractivity contribution is -0.123. The van der Waals surface area contributed by atoms with Crippen LogP contribution < -0.4 is 5.32 Å². The second kappa shape index (κ2) is 10.1. The van der Waals surface area contributed by atoms with Gasteiger partial charge in [0.2, 0.25) is 0 Å². The van der Waals surface area contributed by atoms with Crippen LogP contribution in [0.5, 0.6) is 0 Å². The van der Waals surface area contributed by atoms with Gasteiger partial charge >= 0.3 is 5.97 Å². The fourth-order valence-electron chi connectivity index (χ4n) is 3.10. The molecule has 0 saturated heterocycles. The van der Waals surface area contributed by atoms with E-state index in [1.807, 2.05) is 0 Å². The number of esters is 1. The molecule has 2 aromatic rings. The predicted octanol–water partition coefficient (Wildman–Crippen LogP) is 3.81. The highest BCUT2D eigenvalue weighted by Gasteiger charge is 2.36. The highest BCUT2D eigenvalue weighted by molar-refractivity contribution is 6.36. The van der Waals surface area contributed by atoms with Crippen molar-refractivity contribution in [3.63, 3.8) is 0 Å². The smallest absolute Gasteiger partial charge is 0.338 e. The van der Waals surface area contributed by atoms with Gasteiger partial charge in [0.15, 0.2) is 6.10 Å². The minimum absolute atomic E-state index is 0.0489. The maximum Gasteiger partial charge on any atom is 0.338 e. The quantitative estimate of drug-likeness (QED) is 0.351. The number of benzene rings is 2. The van der Waals surface area contributed by atoms with E-state index >= 15 is 0 Å². The fraction of sp³-hybridized carbons (Fsp3) is 0.273. The summed E-state index contributed by atoms with van der Waals surface area (Å²) in [5, 5.41) is 3.20. The van der Waals surface area contributed by atoms with Gasteiger partial charge in [-0.1, -0.05) is 23.2 Å². The minimum atomic E-state index is -1.15. The highest BCUT2D eigenvalue weighted by atomic mass is 35.5. The van der Waals surface area contributed by atoms with Crippen LogP contribution in [0.25, 0.3) is 0 Å². The molecule has 1 aliphatic heterocycles. The first-order valence-electron chi connectivity index (χ1n) is 9.69. The molecule has 10 heteroatoms. The number of imide groups is 1. The Morgan fingerprint density at radius 2 is 1.78 bits per heavy atom. The number of methoxy groups -OCH3 is 1. The number of carbonyl (C=O) groups excluding carboxylic acids is 4. The summed E-state index contributed by atoms with van der Waals surface area (Å²) < 4.78 is 10.2. The van der Waals surface area contributed by atoms with Crippen LogP contribution in [0.2, 0.25) is 10.0 Å². The summed E-state index contributed by atoms with van der Waals surface area (Å²) >= 11 is 11.9. The van der Waals surface area contributed by atoms with Crippen LogP contribution in [0.4, 0.5) is 5.69 Å². The van der Waals surface area contributed by atoms with E-state index in [0.29, 0.717) is 23.7 Å². The standard InChI is InChI=1S/C22H20Cl2N2O6/c1-12(19(27)25-18-7-5-14(23)11-17(18)24)32-22(30)13-4-6-15-16(10-13)21(29)26(20(15)28)8-3-9-31-2/h4-7,10-12H,3,8-9H2,1-2H3,(H,25,27). The summed E-state index contributed by atoms with van der Waals surface area (Å²) in [6.07, 6.45) is -0.647. The third kappa shape index (κ3) is 5.09. The van der Waals surface area contributed by atoms with Crippen molar-refractivity contribution < 1.29 is 28.7 Å². The zero-order valence-electron chi connectivity index (χ0n) is 17.3. The van der Waals surface area contributed by atoms with E-state index in [2.05, 4.69) is 5.32 Å². The monoisotopic (exact) mass is 478 g/mol. The Morgan fingerprint density at radius 1 is 1.06 bits per heavy atom. The molecule has 1 N–H and O–H groups in total. The minimum Gasteiger partial charge on any atom is -0.449 e. The van der Waals surface area contributed by atoms with Gasteiger partial charge in [0, 0.05) is 25.3 Å². The SMILES string of the molecule is COCCCN1C(=O)c2ccc(C(=O)OC(C)C(=O)Nc3ccc(Cl)cc3Cl)cc2C1=O. The Balaban J connectivity index is 1.67. The first-order valence-corrected chi connectivity index (χ1v) is 10.4.